The molecule has 0 fully saturated rings. The van der Waals surface area contributed by atoms with Crippen molar-refractivity contribution in [2.75, 3.05) is 11.9 Å². The van der Waals surface area contributed by atoms with Crippen molar-refractivity contribution in [3.63, 3.8) is 0 Å². The van der Waals surface area contributed by atoms with Gasteiger partial charge in [0.25, 0.3) is 0 Å². The zero-order valence-corrected chi connectivity index (χ0v) is 10.1. The molecule has 2 rings (SSSR count). The Hall–Kier alpha value is -2.30. The first-order valence-corrected chi connectivity index (χ1v) is 5.75. The molecule has 0 unspecified atom stereocenters. The summed E-state index contributed by atoms with van der Waals surface area (Å²) in [5.74, 6) is 0.406. The number of urea groups is 1. The predicted octanol–water partition coefficient (Wildman–Crippen LogP) is 2.35. The highest BCUT2D eigenvalue weighted by atomic mass is 16.5. The van der Waals surface area contributed by atoms with Gasteiger partial charge in [0.1, 0.15) is 6.26 Å². The molecule has 2 aromatic rings. The Morgan fingerprint density at radius 1 is 1.39 bits per heavy atom. The lowest BCUT2D eigenvalue weighted by molar-refractivity contribution is 0.252. The van der Waals surface area contributed by atoms with Crippen LogP contribution in [0.4, 0.5) is 10.6 Å². The molecule has 18 heavy (non-hydrogen) atoms. The van der Waals surface area contributed by atoms with Crippen LogP contribution < -0.4 is 10.6 Å². The highest BCUT2D eigenvalue weighted by Crippen LogP contribution is 2.04. The monoisotopic (exact) mass is 245 g/mol. The molecule has 5 nitrogen and oxygen atoms in total. The fourth-order valence-electron chi connectivity index (χ4n) is 1.63. The Bertz CT molecular complexity index is 509. The molecule has 2 amide bonds. The van der Waals surface area contributed by atoms with E-state index in [0.717, 1.165) is 6.42 Å². The second kappa shape index (κ2) is 5.86. The van der Waals surface area contributed by atoms with E-state index in [2.05, 4.69) is 26.4 Å². The highest BCUT2D eigenvalue weighted by molar-refractivity contribution is 5.87. The molecule has 5 heteroatoms. The number of nitrogens with zero attached hydrogens (tertiary/aromatic N) is 1. The van der Waals surface area contributed by atoms with Crippen molar-refractivity contribution in [2.45, 2.75) is 13.3 Å². The second-order valence-electron chi connectivity index (χ2n) is 4.00. The van der Waals surface area contributed by atoms with E-state index in [1.165, 1.54) is 17.4 Å². The molecule has 0 radical (unpaired) electrons. The largest absolute Gasteiger partial charge is 0.363 e. The number of hydrogen-bond donors (Lipinski definition) is 2. The normalized spacial score (nSPS) is 10.1. The van der Waals surface area contributed by atoms with Gasteiger partial charge in [-0.25, -0.2) is 4.79 Å². The molecule has 0 spiro atoms. The SMILES string of the molecule is Cc1cccc(CCNC(=O)Nc2ccon2)c1. The van der Waals surface area contributed by atoms with Gasteiger partial charge >= 0.3 is 6.03 Å². The lowest BCUT2D eigenvalue weighted by atomic mass is 10.1. The molecule has 0 bridgehead atoms. The van der Waals surface area contributed by atoms with Crippen molar-refractivity contribution >= 4 is 11.8 Å². The third-order valence-electron chi connectivity index (χ3n) is 2.46. The summed E-state index contributed by atoms with van der Waals surface area (Å²) in [7, 11) is 0. The van der Waals surface area contributed by atoms with E-state index >= 15 is 0 Å². The first kappa shape index (κ1) is 12.2. The minimum Gasteiger partial charge on any atom is -0.363 e. The fraction of sp³-hybridized carbons (Fsp3) is 0.231. The maximum Gasteiger partial charge on any atom is 0.320 e. The van der Waals surface area contributed by atoms with Crippen LogP contribution in [0.2, 0.25) is 0 Å². The number of anilines is 1. The average molecular weight is 245 g/mol. The van der Waals surface area contributed by atoms with Gasteiger partial charge in [0.2, 0.25) is 0 Å². The Balaban J connectivity index is 1.73. The third-order valence-corrected chi connectivity index (χ3v) is 2.46. The maximum atomic E-state index is 11.5. The molecule has 0 aliphatic rings. The van der Waals surface area contributed by atoms with Gasteiger partial charge in [0, 0.05) is 12.6 Å². The molecule has 1 heterocycles. The summed E-state index contributed by atoms with van der Waals surface area (Å²) in [4.78, 5) is 11.5. The van der Waals surface area contributed by atoms with Crippen LogP contribution >= 0.6 is 0 Å². The molecule has 2 N–H and O–H groups in total. The van der Waals surface area contributed by atoms with Crippen molar-refractivity contribution in [2.24, 2.45) is 0 Å². The van der Waals surface area contributed by atoms with Crippen molar-refractivity contribution in [1.82, 2.24) is 10.5 Å². The number of benzene rings is 1. The van der Waals surface area contributed by atoms with E-state index in [-0.39, 0.29) is 6.03 Å². The highest BCUT2D eigenvalue weighted by Gasteiger charge is 2.02. The molecule has 0 atom stereocenters. The summed E-state index contributed by atoms with van der Waals surface area (Å²) in [6, 6.07) is 9.52. The Labute approximate surface area is 105 Å². The molecule has 0 aliphatic carbocycles. The van der Waals surface area contributed by atoms with E-state index in [1.54, 1.807) is 6.07 Å². The first-order valence-electron chi connectivity index (χ1n) is 5.75. The molecule has 0 saturated heterocycles. The summed E-state index contributed by atoms with van der Waals surface area (Å²) in [6.07, 6.45) is 2.20. The molecular formula is C13H15N3O2. The summed E-state index contributed by atoms with van der Waals surface area (Å²) in [5.41, 5.74) is 2.43. The van der Waals surface area contributed by atoms with E-state index in [4.69, 9.17) is 0 Å². The van der Waals surface area contributed by atoms with E-state index in [0.29, 0.717) is 12.4 Å². The van der Waals surface area contributed by atoms with Crippen LogP contribution in [0.15, 0.2) is 41.1 Å². The zero-order chi connectivity index (χ0) is 12.8. The number of amides is 2. The summed E-state index contributed by atoms with van der Waals surface area (Å²) in [5, 5.41) is 8.91. The third kappa shape index (κ3) is 3.62. The van der Waals surface area contributed by atoms with Crippen LogP contribution in [0, 0.1) is 6.92 Å². The van der Waals surface area contributed by atoms with Gasteiger partial charge in [-0.15, -0.1) is 0 Å². The van der Waals surface area contributed by atoms with Gasteiger partial charge in [-0.2, -0.15) is 0 Å². The lowest BCUT2D eigenvalue weighted by Gasteiger charge is -2.05. The smallest absolute Gasteiger partial charge is 0.320 e. The summed E-state index contributed by atoms with van der Waals surface area (Å²) >= 11 is 0. The lowest BCUT2D eigenvalue weighted by Crippen LogP contribution is -2.30. The van der Waals surface area contributed by atoms with Crippen LogP contribution in [0.3, 0.4) is 0 Å². The fourth-order valence-corrected chi connectivity index (χ4v) is 1.63. The summed E-state index contributed by atoms with van der Waals surface area (Å²) in [6.45, 7) is 2.63. The van der Waals surface area contributed by atoms with Crippen LogP contribution in [0.25, 0.3) is 0 Å². The minimum atomic E-state index is -0.281. The Morgan fingerprint density at radius 3 is 3.00 bits per heavy atom. The van der Waals surface area contributed by atoms with Gasteiger partial charge in [-0.1, -0.05) is 35.0 Å². The van der Waals surface area contributed by atoms with Gasteiger partial charge in [-0.3, -0.25) is 5.32 Å². The predicted molar refractivity (Wildman–Crippen MR) is 68.4 cm³/mol. The van der Waals surface area contributed by atoms with Crippen molar-refractivity contribution in [3.05, 3.63) is 47.7 Å². The van der Waals surface area contributed by atoms with Gasteiger partial charge in [0.15, 0.2) is 5.82 Å². The van der Waals surface area contributed by atoms with E-state index in [1.807, 2.05) is 25.1 Å². The maximum absolute atomic E-state index is 11.5. The van der Waals surface area contributed by atoms with E-state index < -0.39 is 0 Å². The first-order chi connectivity index (χ1) is 8.74. The van der Waals surface area contributed by atoms with Crippen LogP contribution in [-0.2, 0) is 6.42 Å². The average Bonchev–Trinajstić information content (AvgIpc) is 2.82. The van der Waals surface area contributed by atoms with Gasteiger partial charge in [-0.05, 0) is 18.9 Å². The van der Waals surface area contributed by atoms with Crippen molar-refractivity contribution in [1.29, 1.82) is 0 Å². The van der Waals surface area contributed by atoms with Crippen molar-refractivity contribution in [3.8, 4) is 0 Å². The molecule has 1 aromatic carbocycles. The molecule has 94 valence electrons. The molecule has 0 saturated carbocycles. The van der Waals surface area contributed by atoms with Gasteiger partial charge < -0.3 is 9.84 Å². The van der Waals surface area contributed by atoms with Gasteiger partial charge in [0.05, 0.1) is 0 Å². The van der Waals surface area contributed by atoms with Crippen LogP contribution in [0.1, 0.15) is 11.1 Å². The van der Waals surface area contributed by atoms with Crippen LogP contribution in [0.5, 0.6) is 0 Å². The number of aromatic nitrogens is 1. The van der Waals surface area contributed by atoms with Crippen molar-refractivity contribution < 1.29 is 9.32 Å². The Morgan fingerprint density at radius 2 is 2.28 bits per heavy atom. The molecular weight excluding hydrogens is 230 g/mol. The number of rotatable bonds is 4. The molecule has 1 aromatic heterocycles. The minimum absolute atomic E-state index is 0.281. The Kier molecular flexibility index (Phi) is 3.96. The number of hydrogen-bond acceptors (Lipinski definition) is 3. The second-order valence-corrected chi connectivity index (χ2v) is 4.00. The number of carbonyl (C=O) groups is 1. The number of nitrogens with one attached hydrogen (secondary N) is 2. The number of aryl methyl sites for hydroxylation is 1. The van der Waals surface area contributed by atoms with E-state index in [9.17, 15) is 4.79 Å². The number of carbonyl (C=O) groups excluding carboxylic acids is 1. The topological polar surface area (TPSA) is 67.2 Å². The standard InChI is InChI=1S/C13H15N3O2/c1-10-3-2-4-11(9-10)5-7-14-13(17)15-12-6-8-18-16-12/h2-4,6,8-9H,5,7H2,1H3,(H2,14,15,16,17). The molecule has 0 aliphatic heterocycles. The quantitative estimate of drug-likeness (QED) is 0.868. The van der Waals surface area contributed by atoms with Crippen LogP contribution in [-0.4, -0.2) is 17.7 Å². The summed E-state index contributed by atoms with van der Waals surface area (Å²) < 4.78 is 4.61. The zero-order valence-electron chi connectivity index (χ0n) is 10.1.